The Balaban J connectivity index is 1.92. The number of nitrogens with zero attached hydrogens (tertiary/aromatic N) is 1. The molecular weight excluding hydrogens is 234 g/mol. The summed E-state index contributed by atoms with van der Waals surface area (Å²) in [5.74, 6) is 0.0341. The first-order valence-electron chi connectivity index (χ1n) is 5.83. The molecule has 0 fully saturated rings. The van der Waals surface area contributed by atoms with Crippen LogP contribution in [0.15, 0.2) is 12.2 Å². The Morgan fingerprint density at radius 3 is 3.18 bits per heavy atom. The summed E-state index contributed by atoms with van der Waals surface area (Å²) in [5, 5.41) is 7.10. The number of amides is 1. The normalized spacial score (nSPS) is 18.6. The number of aromatic nitrogens is 1. The van der Waals surface area contributed by atoms with Crippen LogP contribution < -0.4 is 10.6 Å². The van der Waals surface area contributed by atoms with E-state index in [-0.39, 0.29) is 11.9 Å². The van der Waals surface area contributed by atoms with E-state index in [1.165, 1.54) is 4.88 Å². The van der Waals surface area contributed by atoms with Gasteiger partial charge in [-0.05, 0) is 13.3 Å². The monoisotopic (exact) mass is 251 g/mol. The highest BCUT2D eigenvalue weighted by molar-refractivity contribution is 7.11. The maximum absolute atomic E-state index is 11.8. The molecule has 0 spiro atoms. The third kappa shape index (κ3) is 2.92. The van der Waals surface area contributed by atoms with Gasteiger partial charge in [-0.25, -0.2) is 4.98 Å². The zero-order chi connectivity index (χ0) is 12.3. The van der Waals surface area contributed by atoms with Gasteiger partial charge in [-0.2, -0.15) is 0 Å². The summed E-state index contributed by atoms with van der Waals surface area (Å²) < 4.78 is 0. The van der Waals surface area contributed by atoms with Gasteiger partial charge in [-0.1, -0.05) is 19.1 Å². The predicted molar refractivity (Wildman–Crippen MR) is 69.0 cm³/mol. The molecule has 2 rings (SSSR count). The maximum atomic E-state index is 11.8. The van der Waals surface area contributed by atoms with Gasteiger partial charge in [-0.3, -0.25) is 10.1 Å². The van der Waals surface area contributed by atoms with Crippen molar-refractivity contribution in [3.63, 3.8) is 0 Å². The van der Waals surface area contributed by atoms with Gasteiger partial charge < -0.3 is 5.32 Å². The predicted octanol–water partition coefficient (Wildman–Crippen LogP) is 1.16. The topological polar surface area (TPSA) is 54.0 Å². The Bertz CT molecular complexity index is 439. The van der Waals surface area contributed by atoms with Crippen molar-refractivity contribution in [3.05, 3.63) is 27.7 Å². The van der Waals surface area contributed by atoms with E-state index in [1.807, 2.05) is 19.1 Å². The quantitative estimate of drug-likeness (QED) is 0.790. The smallest absolute Gasteiger partial charge is 0.241 e. The van der Waals surface area contributed by atoms with Crippen molar-refractivity contribution in [3.8, 4) is 0 Å². The van der Waals surface area contributed by atoms with Crippen LogP contribution in [0.5, 0.6) is 0 Å². The van der Waals surface area contributed by atoms with Crippen molar-refractivity contribution < 1.29 is 4.79 Å². The highest BCUT2D eigenvalue weighted by Crippen LogP contribution is 2.18. The van der Waals surface area contributed by atoms with Gasteiger partial charge in [0.2, 0.25) is 5.91 Å². The number of nitrogens with one attached hydrogen (secondary N) is 2. The Hall–Kier alpha value is -1.20. The van der Waals surface area contributed by atoms with Crippen molar-refractivity contribution in [2.45, 2.75) is 32.9 Å². The lowest BCUT2D eigenvalue weighted by Gasteiger charge is -2.09. The van der Waals surface area contributed by atoms with E-state index < -0.39 is 0 Å². The molecule has 5 heteroatoms. The Morgan fingerprint density at radius 1 is 1.71 bits per heavy atom. The second-order valence-electron chi connectivity index (χ2n) is 3.99. The van der Waals surface area contributed by atoms with Crippen molar-refractivity contribution in [1.29, 1.82) is 0 Å². The molecule has 0 aromatic carbocycles. The lowest BCUT2D eigenvalue weighted by Crippen LogP contribution is -2.40. The Labute approximate surface area is 105 Å². The molecule has 1 amide bonds. The van der Waals surface area contributed by atoms with Crippen LogP contribution >= 0.6 is 11.3 Å². The maximum Gasteiger partial charge on any atom is 0.241 e. The summed E-state index contributed by atoms with van der Waals surface area (Å²) in [6.07, 6.45) is 4.78. The minimum absolute atomic E-state index is 0.0341. The highest BCUT2D eigenvalue weighted by Gasteiger charge is 2.17. The number of thiazole rings is 1. The molecule has 92 valence electrons. The molecule has 1 aliphatic heterocycles. The van der Waals surface area contributed by atoms with Crippen molar-refractivity contribution in [1.82, 2.24) is 15.6 Å². The van der Waals surface area contributed by atoms with E-state index >= 15 is 0 Å². The first-order chi connectivity index (χ1) is 8.20. The Kier molecular flexibility index (Phi) is 3.91. The van der Waals surface area contributed by atoms with Crippen LogP contribution in [0.3, 0.4) is 0 Å². The third-order valence-electron chi connectivity index (χ3n) is 2.71. The van der Waals surface area contributed by atoms with E-state index in [2.05, 4.69) is 22.5 Å². The van der Waals surface area contributed by atoms with Crippen molar-refractivity contribution in [2.75, 3.05) is 6.54 Å². The summed E-state index contributed by atoms with van der Waals surface area (Å²) in [5.41, 5.74) is 1.10. The summed E-state index contributed by atoms with van der Waals surface area (Å²) in [6, 6.07) is -0.172. The van der Waals surface area contributed by atoms with E-state index in [0.29, 0.717) is 6.54 Å². The fraction of sp³-hybridized carbons (Fsp3) is 0.500. The number of carbonyl (C=O) groups is 1. The molecule has 1 aromatic rings. The van der Waals surface area contributed by atoms with Crippen LogP contribution in [0, 0.1) is 6.92 Å². The molecule has 0 saturated heterocycles. The minimum atomic E-state index is -0.172. The fourth-order valence-electron chi connectivity index (χ4n) is 1.85. The number of rotatable bonds is 4. The van der Waals surface area contributed by atoms with E-state index in [9.17, 15) is 4.79 Å². The molecule has 2 heterocycles. The summed E-state index contributed by atoms with van der Waals surface area (Å²) >= 11 is 1.66. The van der Waals surface area contributed by atoms with Crippen LogP contribution in [0.25, 0.3) is 0 Å². The molecule has 2 N–H and O–H groups in total. The second kappa shape index (κ2) is 5.42. The van der Waals surface area contributed by atoms with Crippen molar-refractivity contribution >= 4 is 17.2 Å². The van der Waals surface area contributed by atoms with Gasteiger partial charge in [0.05, 0.1) is 17.2 Å². The van der Waals surface area contributed by atoms with Gasteiger partial charge in [0.25, 0.3) is 0 Å². The molecule has 1 atom stereocenters. The molecule has 0 bridgehead atoms. The minimum Gasteiger partial charge on any atom is -0.349 e. The molecule has 0 radical (unpaired) electrons. The average Bonchev–Trinajstić information content (AvgIpc) is 2.94. The van der Waals surface area contributed by atoms with Crippen LogP contribution in [-0.4, -0.2) is 23.5 Å². The lowest BCUT2D eigenvalue weighted by atomic mass is 10.2. The van der Waals surface area contributed by atoms with Crippen LogP contribution in [-0.2, 0) is 17.8 Å². The zero-order valence-electron chi connectivity index (χ0n) is 10.1. The number of hydrogen-bond acceptors (Lipinski definition) is 4. The lowest BCUT2D eigenvalue weighted by molar-refractivity contribution is -0.122. The summed E-state index contributed by atoms with van der Waals surface area (Å²) in [4.78, 5) is 17.4. The van der Waals surface area contributed by atoms with Crippen LogP contribution in [0.1, 0.15) is 22.5 Å². The Morgan fingerprint density at radius 2 is 2.53 bits per heavy atom. The first-order valence-corrected chi connectivity index (χ1v) is 6.65. The molecule has 17 heavy (non-hydrogen) atoms. The molecular formula is C12H17N3OS. The van der Waals surface area contributed by atoms with Gasteiger partial charge in [-0.15, -0.1) is 11.3 Å². The van der Waals surface area contributed by atoms with Gasteiger partial charge in [0.1, 0.15) is 6.04 Å². The second-order valence-corrected chi connectivity index (χ2v) is 5.28. The first kappa shape index (κ1) is 12.3. The average molecular weight is 251 g/mol. The number of hydrogen-bond donors (Lipinski definition) is 2. The SMILES string of the molecule is CCc1nc(C)sc1CNC(=O)[C@@H]1C=CCN1. The van der Waals surface area contributed by atoms with Crippen molar-refractivity contribution in [2.24, 2.45) is 0 Å². The standard InChI is InChI=1S/C12H17N3OS/c1-3-9-11(17-8(2)15-9)7-14-12(16)10-5-4-6-13-10/h4-5,10,13H,3,6-7H2,1-2H3,(H,14,16)/t10-/m0/s1. The largest absolute Gasteiger partial charge is 0.349 e. The fourth-order valence-corrected chi connectivity index (χ4v) is 2.82. The summed E-state index contributed by atoms with van der Waals surface area (Å²) in [6.45, 7) is 5.44. The van der Waals surface area contributed by atoms with Crippen LogP contribution in [0.4, 0.5) is 0 Å². The summed E-state index contributed by atoms with van der Waals surface area (Å²) in [7, 11) is 0. The molecule has 0 unspecified atom stereocenters. The molecule has 0 saturated carbocycles. The third-order valence-corrected chi connectivity index (χ3v) is 3.72. The van der Waals surface area contributed by atoms with Crippen LogP contribution in [0.2, 0.25) is 0 Å². The zero-order valence-corrected chi connectivity index (χ0v) is 10.9. The molecule has 1 aromatic heterocycles. The number of aryl methyl sites for hydroxylation is 2. The van der Waals surface area contributed by atoms with Gasteiger partial charge >= 0.3 is 0 Å². The van der Waals surface area contributed by atoms with E-state index in [0.717, 1.165) is 23.7 Å². The molecule has 4 nitrogen and oxygen atoms in total. The molecule has 0 aliphatic carbocycles. The van der Waals surface area contributed by atoms with Gasteiger partial charge in [0.15, 0.2) is 0 Å². The van der Waals surface area contributed by atoms with E-state index in [1.54, 1.807) is 11.3 Å². The van der Waals surface area contributed by atoms with E-state index in [4.69, 9.17) is 0 Å². The number of carbonyl (C=O) groups excluding carboxylic acids is 1. The van der Waals surface area contributed by atoms with Gasteiger partial charge in [0, 0.05) is 11.4 Å². The molecule has 1 aliphatic rings. The highest BCUT2D eigenvalue weighted by atomic mass is 32.1.